The Hall–Kier alpha value is -1.18. The van der Waals surface area contributed by atoms with E-state index in [1.54, 1.807) is 0 Å². The molecule has 1 unspecified atom stereocenters. The first-order valence-electron chi connectivity index (χ1n) is 6.04. The highest BCUT2D eigenvalue weighted by atomic mass is 35.5. The number of hydrogen-bond donors (Lipinski definition) is 1. The van der Waals surface area contributed by atoms with Gasteiger partial charge in [0.15, 0.2) is 0 Å². The molecule has 0 aromatic heterocycles. The third-order valence-corrected chi connectivity index (χ3v) is 4.75. The molecule has 0 bridgehead atoms. The first kappa shape index (κ1) is 15.2. The highest BCUT2D eigenvalue weighted by Crippen LogP contribution is 2.27. The summed E-state index contributed by atoms with van der Waals surface area (Å²) in [4.78, 5) is 13.3. The number of nitrogens with two attached hydrogens (primary N) is 1. The highest BCUT2D eigenvalue weighted by molar-refractivity contribution is 7.89. The molecule has 2 N–H and O–H groups in total. The smallest absolute Gasteiger partial charge is 0.257 e. The Kier molecular flexibility index (Phi) is 4.04. The predicted molar refractivity (Wildman–Crippen MR) is 72.5 cm³/mol. The molecule has 1 heterocycles. The van der Waals surface area contributed by atoms with Crippen LogP contribution in [0.4, 0.5) is 4.39 Å². The summed E-state index contributed by atoms with van der Waals surface area (Å²) in [6.45, 7) is 2.38. The van der Waals surface area contributed by atoms with E-state index in [2.05, 4.69) is 0 Å². The van der Waals surface area contributed by atoms with E-state index in [-0.39, 0.29) is 16.6 Å². The minimum absolute atomic E-state index is 0.00416. The molecule has 1 amide bonds. The number of primary sulfonamides is 1. The van der Waals surface area contributed by atoms with Crippen molar-refractivity contribution in [3.05, 3.63) is 28.5 Å². The van der Waals surface area contributed by atoms with Gasteiger partial charge in [0, 0.05) is 12.6 Å². The van der Waals surface area contributed by atoms with Gasteiger partial charge in [-0.05, 0) is 31.9 Å². The number of hydrogen-bond acceptors (Lipinski definition) is 3. The van der Waals surface area contributed by atoms with E-state index in [9.17, 15) is 17.6 Å². The lowest BCUT2D eigenvalue weighted by Crippen LogP contribution is -2.34. The number of nitrogens with zero attached hydrogens (tertiary/aromatic N) is 1. The van der Waals surface area contributed by atoms with E-state index >= 15 is 0 Å². The number of carbonyl (C=O) groups is 1. The largest absolute Gasteiger partial charge is 0.336 e. The van der Waals surface area contributed by atoms with Crippen molar-refractivity contribution in [2.45, 2.75) is 30.7 Å². The standard InChI is InChI=1S/C12H14ClFN2O3S/c1-7-3-2-4-16(7)12(17)8-5-11(20(15,18)19)9(13)6-10(8)14/h5-7H,2-4H2,1H3,(H2,15,18,19). The first-order chi connectivity index (χ1) is 9.21. The van der Waals surface area contributed by atoms with Crippen molar-refractivity contribution in [1.29, 1.82) is 0 Å². The molecular weight excluding hydrogens is 307 g/mol. The second kappa shape index (κ2) is 5.31. The Labute approximate surface area is 121 Å². The van der Waals surface area contributed by atoms with Crippen LogP contribution < -0.4 is 5.14 Å². The molecule has 0 aliphatic carbocycles. The molecule has 0 saturated carbocycles. The van der Waals surface area contributed by atoms with Crippen molar-refractivity contribution < 1.29 is 17.6 Å². The lowest BCUT2D eigenvalue weighted by Gasteiger charge is -2.22. The monoisotopic (exact) mass is 320 g/mol. The zero-order valence-electron chi connectivity index (χ0n) is 10.8. The van der Waals surface area contributed by atoms with Gasteiger partial charge in [0.2, 0.25) is 10.0 Å². The van der Waals surface area contributed by atoms with Crippen LogP contribution in [-0.4, -0.2) is 31.8 Å². The quantitative estimate of drug-likeness (QED) is 0.901. The summed E-state index contributed by atoms with van der Waals surface area (Å²) in [5.41, 5.74) is -0.327. The molecule has 110 valence electrons. The van der Waals surface area contributed by atoms with Gasteiger partial charge in [-0.2, -0.15) is 0 Å². The molecule has 8 heteroatoms. The van der Waals surface area contributed by atoms with Gasteiger partial charge in [-0.15, -0.1) is 0 Å². The van der Waals surface area contributed by atoms with Gasteiger partial charge in [-0.1, -0.05) is 11.6 Å². The lowest BCUT2D eigenvalue weighted by molar-refractivity contribution is 0.0742. The van der Waals surface area contributed by atoms with E-state index in [1.807, 2.05) is 6.92 Å². The summed E-state index contributed by atoms with van der Waals surface area (Å²) in [6, 6.07) is 1.70. The molecule has 2 rings (SSSR count). The first-order valence-corrected chi connectivity index (χ1v) is 7.97. The summed E-state index contributed by atoms with van der Waals surface area (Å²) in [6.07, 6.45) is 1.67. The number of amides is 1. The van der Waals surface area contributed by atoms with Crippen molar-refractivity contribution in [2.75, 3.05) is 6.54 Å². The lowest BCUT2D eigenvalue weighted by atomic mass is 10.1. The van der Waals surface area contributed by atoms with E-state index in [4.69, 9.17) is 16.7 Å². The van der Waals surface area contributed by atoms with Crippen LogP contribution in [-0.2, 0) is 10.0 Å². The Morgan fingerprint density at radius 3 is 2.65 bits per heavy atom. The molecule has 5 nitrogen and oxygen atoms in total. The Morgan fingerprint density at radius 2 is 2.15 bits per heavy atom. The fourth-order valence-electron chi connectivity index (χ4n) is 2.30. The maximum absolute atomic E-state index is 13.9. The zero-order valence-corrected chi connectivity index (χ0v) is 12.3. The number of carbonyl (C=O) groups excluding carboxylic acids is 1. The Morgan fingerprint density at radius 1 is 1.50 bits per heavy atom. The minimum Gasteiger partial charge on any atom is -0.336 e. The van der Waals surface area contributed by atoms with Gasteiger partial charge < -0.3 is 4.90 Å². The van der Waals surface area contributed by atoms with E-state index in [0.717, 1.165) is 25.0 Å². The number of halogens is 2. The summed E-state index contributed by atoms with van der Waals surface area (Å²) < 4.78 is 36.6. The molecule has 1 aliphatic rings. The van der Waals surface area contributed by atoms with Crippen LogP contribution in [0, 0.1) is 5.82 Å². The van der Waals surface area contributed by atoms with Crippen LogP contribution in [0.1, 0.15) is 30.1 Å². The van der Waals surface area contributed by atoms with Crippen LogP contribution in [0.15, 0.2) is 17.0 Å². The van der Waals surface area contributed by atoms with Crippen molar-refractivity contribution in [1.82, 2.24) is 4.90 Å². The number of rotatable bonds is 2. The molecule has 1 aliphatic heterocycles. The maximum Gasteiger partial charge on any atom is 0.257 e. The number of benzene rings is 1. The molecule has 0 radical (unpaired) electrons. The molecule has 1 atom stereocenters. The average Bonchev–Trinajstić information content (AvgIpc) is 2.73. The Balaban J connectivity index is 2.49. The van der Waals surface area contributed by atoms with Gasteiger partial charge >= 0.3 is 0 Å². The van der Waals surface area contributed by atoms with Crippen LogP contribution in [0.3, 0.4) is 0 Å². The van der Waals surface area contributed by atoms with Gasteiger partial charge in [0.25, 0.3) is 5.91 Å². The molecule has 1 fully saturated rings. The predicted octanol–water partition coefficient (Wildman–Crippen LogP) is 1.75. The highest BCUT2D eigenvalue weighted by Gasteiger charge is 2.29. The molecule has 0 spiro atoms. The zero-order chi connectivity index (χ0) is 15.1. The normalized spacial score (nSPS) is 19.4. The second-order valence-electron chi connectivity index (χ2n) is 4.80. The summed E-state index contributed by atoms with van der Waals surface area (Å²) in [5, 5.41) is 4.66. The Bertz CT molecular complexity index is 663. The number of sulfonamides is 1. The summed E-state index contributed by atoms with van der Waals surface area (Å²) in [5.74, 6) is -1.40. The van der Waals surface area contributed by atoms with Crippen molar-refractivity contribution in [2.24, 2.45) is 5.14 Å². The molecule has 1 saturated heterocycles. The van der Waals surface area contributed by atoms with Gasteiger partial charge in [0.05, 0.1) is 10.6 Å². The van der Waals surface area contributed by atoms with Gasteiger partial charge in [-0.3, -0.25) is 4.79 Å². The van der Waals surface area contributed by atoms with Crippen LogP contribution >= 0.6 is 11.6 Å². The minimum atomic E-state index is -4.11. The molecule has 1 aromatic rings. The van der Waals surface area contributed by atoms with Crippen LogP contribution in [0.5, 0.6) is 0 Å². The van der Waals surface area contributed by atoms with Crippen molar-refractivity contribution in [3.8, 4) is 0 Å². The topological polar surface area (TPSA) is 80.5 Å². The van der Waals surface area contributed by atoms with E-state index in [1.165, 1.54) is 4.90 Å². The average molecular weight is 321 g/mol. The summed E-state index contributed by atoms with van der Waals surface area (Å²) in [7, 11) is -4.11. The van der Waals surface area contributed by atoms with Crippen LogP contribution in [0.25, 0.3) is 0 Å². The third-order valence-electron chi connectivity index (χ3n) is 3.37. The molecule has 1 aromatic carbocycles. The van der Waals surface area contributed by atoms with Crippen molar-refractivity contribution in [3.63, 3.8) is 0 Å². The second-order valence-corrected chi connectivity index (χ2v) is 6.73. The SMILES string of the molecule is CC1CCCN1C(=O)c1cc(S(N)(=O)=O)c(Cl)cc1F. The molecular formula is C12H14ClFN2O3S. The number of likely N-dealkylation sites (tertiary alicyclic amines) is 1. The van der Waals surface area contributed by atoms with Gasteiger partial charge in [-0.25, -0.2) is 17.9 Å². The van der Waals surface area contributed by atoms with Crippen LogP contribution in [0.2, 0.25) is 5.02 Å². The maximum atomic E-state index is 13.9. The van der Waals surface area contributed by atoms with E-state index < -0.39 is 26.6 Å². The fraction of sp³-hybridized carbons (Fsp3) is 0.417. The van der Waals surface area contributed by atoms with Gasteiger partial charge in [0.1, 0.15) is 10.7 Å². The van der Waals surface area contributed by atoms with Crippen molar-refractivity contribution >= 4 is 27.5 Å². The van der Waals surface area contributed by atoms with E-state index in [0.29, 0.717) is 6.54 Å². The fourth-order valence-corrected chi connectivity index (χ4v) is 3.39. The molecule has 20 heavy (non-hydrogen) atoms. The third kappa shape index (κ3) is 2.79. The summed E-state index contributed by atoms with van der Waals surface area (Å²) >= 11 is 5.66.